The number of aromatic nitrogens is 5. The van der Waals surface area contributed by atoms with E-state index in [0.29, 0.717) is 43.3 Å². The summed E-state index contributed by atoms with van der Waals surface area (Å²) in [5.41, 5.74) is 9.01. The summed E-state index contributed by atoms with van der Waals surface area (Å²) in [4.78, 5) is 26.2. The van der Waals surface area contributed by atoms with Crippen molar-refractivity contribution >= 4 is 24.0 Å². The Morgan fingerprint density at radius 2 is 2.09 bits per heavy atom. The summed E-state index contributed by atoms with van der Waals surface area (Å²) < 4.78 is 16.4. The van der Waals surface area contributed by atoms with E-state index in [0.717, 1.165) is 0 Å². The van der Waals surface area contributed by atoms with Crippen molar-refractivity contribution in [2.45, 2.75) is 6.92 Å². The zero-order valence-electron chi connectivity index (χ0n) is 17.0. The number of rotatable bonds is 5. The van der Waals surface area contributed by atoms with Gasteiger partial charge in [0, 0.05) is 13.1 Å². The maximum absolute atomic E-state index is 12.4. The second-order valence-corrected chi connectivity index (χ2v) is 6.65. The summed E-state index contributed by atoms with van der Waals surface area (Å²) in [7, 11) is 0. The monoisotopic (exact) mass is 441 g/mol. The summed E-state index contributed by atoms with van der Waals surface area (Å²) in [5.74, 6) is -0.0949. The summed E-state index contributed by atoms with van der Waals surface area (Å²) in [6, 6.07) is 6.72. The molecule has 1 aromatic carbocycles. The number of ether oxygens (including phenoxy) is 2. The molecule has 32 heavy (non-hydrogen) atoms. The Hall–Kier alpha value is -4.33. The van der Waals surface area contributed by atoms with Crippen molar-refractivity contribution in [3.8, 4) is 11.6 Å². The van der Waals surface area contributed by atoms with Gasteiger partial charge in [-0.1, -0.05) is 17.3 Å². The number of hydrogen-bond donors (Lipinski definition) is 2. The third-order valence-electron chi connectivity index (χ3n) is 4.52. The van der Waals surface area contributed by atoms with Gasteiger partial charge in [0.2, 0.25) is 11.6 Å². The highest BCUT2D eigenvalue weighted by Gasteiger charge is 2.21. The zero-order chi connectivity index (χ0) is 22.5. The van der Waals surface area contributed by atoms with Crippen molar-refractivity contribution in [3.05, 3.63) is 41.2 Å². The van der Waals surface area contributed by atoms with Crippen molar-refractivity contribution in [3.63, 3.8) is 0 Å². The predicted molar refractivity (Wildman–Crippen MR) is 108 cm³/mol. The number of benzene rings is 1. The van der Waals surface area contributed by atoms with Crippen molar-refractivity contribution < 1.29 is 23.7 Å². The number of anilines is 1. The predicted octanol–water partition coefficient (Wildman–Crippen LogP) is 0.136. The number of carbonyl (C=O) groups is 2. The molecule has 0 bridgehead atoms. The minimum absolute atomic E-state index is 0.0113. The third kappa shape index (κ3) is 4.54. The van der Waals surface area contributed by atoms with Gasteiger partial charge in [-0.2, -0.15) is 9.78 Å². The van der Waals surface area contributed by atoms with E-state index in [9.17, 15) is 9.59 Å². The molecule has 0 unspecified atom stereocenters. The van der Waals surface area contributed by atoms with E-state index in [-0.39, 0.29) is 17.3 Å². The molecule has 14 heteroatoms. The number of carbonyl (C=O) groups excluding carboxylic acids is 2. The van der Waals surface area contributed by atoms with Crippen LogP contribution in [0.2, 0.25) is 0 Å². The van der Waals surface area contributed by atoms with Crippen molar-refractivity contribution in [2.75, 3.05) is 32.0 Å². The quantitative estimate of drug-likeness (QED) is 0.409. The highest BCUT2D eigenvalue weighted by Crippen LogP contribution is 2.15. The molecule has 1 aliphatic heterocycles. The lowest BCUT2D eigenvalue weighted by Crippen LogP contribution is -2.42. The van der Waals surface area contributed by atoms with E-state index >= 15 is 0 Å². The van der Waals surface area contributed by atoms with Crippen LogP contribution in [0.25, 0.3) is 5.82 Å². The number of morpholine rings is 1. The molecular formula is C18H19N9O5. The summed E-state index contributed by atoms with van der Waals surface area (Å²) in [6.07, 6.45) is 0.959. The standard InChI is InChI=1S/C18H19N9O5/c1-11-14(21-25-27(11)16-15(19)23-32-24-16)17(28)22-20-10-12-3-2-4-13(9-12)31-18(29)26-5-7-30-8-6-26/h2-4,9-10H,5-8H2,1H3,(H2,19,23)(H,22,28)/b20-10+. The molecule has 1 aliphatic rings. The van der Waals surface area contributed by atoms with Gasteiger partial charge in [-0.15, -0.1) is 5.10 Å². The molecule has 0 aliphatic carbocycles. The lowest BCUT2D eigenvalue weighted by molar-refractivity contribution is 0.0416. The average molecular weight is 441 g/mol. The number of nitrogens with one attached hydrogen (secondary N) is 1. The molecule has 2 aromatic heterocycles. The van der Waals surface area contributed by atoms with Gasteiger partial charge < -0.3 is 20.1 Å². The highest BCUT2D eigenvalue weighted by molar-refractivity contribution is 5.94. The summed E-state index contributed by atoms with van der Waals surface area (Å²) in [6.45, 7) is 3.54. The lowest BCUT2D eigenvalue weighted by Gasteiger charge is -2.25. The Balaban J connectivity index is 1.37. The maximum atomic E-state index is 12.4. The molecule has 3 aromatic rings. The van der Waals surface area contributed by atoms with Gasteiger partial charge in [-0.25, -0.2) is 14.8 Å². The summed E-state index contributed by atoms with van der Waals surface area (Å²) in [5, 5.41) is 18.7. The van der Waals surface area contributed by atoms with Crippen LogP contribution in [-0.4, -0.2) is 74.7 Å². The topological polar surface area (TPSA) is 176 Å². The van der Waals surface area contributed by atoms with Gasteiger partial charge in [0.15, 0.2) is 5.69 Å². The fourth-order valence-corrected chi connectivity index (χ4v) is 2.87. The SMILES string of the molecule is Cc1c(C(=O)N/N=C/c2cccc(OC(=O)N3CCOCC3)c2)nnn1-c1nonc1N. The number of nitrogens with zero attached hydrogens (tertiary/aromatic N) is 7. The molecule has 1 saturated heterocycles. The fraction of sp³-hybridized carbons (Fsp3) is 0.278. The minimum atomic E-state index is -0.588. The first-order chi connectivity index (χ1) is 15.5. The van der Waals surface area contributed by atoms with E-state index in [1.165, 1.54) is 10.9 Å². The van der Waals surface area contributed by atoms with Crippen LogP contribution in [0.3, 0.4) is 0 Å². The van der Waals surface area contributed by atoms with Crippen molar-refractivity contribution in [1.82, 2.24) is 35.6 Å². The molecule has 14 nitrogen and oxygen atoms in total. The van der Waals surface area contributed by atoms with E-state index in [2.05, 4.69) is 35.8 Å². The van der Waals surface area contributed by atoms with E-state index in [4.69, 9.17) is 15.2 Å². The minimum Gasteiger partial charge on any atom is -0.410 e. The zero-order valence-corrected chi connectivity index (χ0v) is 17.0. The molecule has 3 heterocycles. The van der Waals surface area contributed by atoms with Crippen LogP contribution in [0, 0.1) is 6.92 Å². The van der Waals surface area contributed by atoms with Gasteiger partial charge in [-0.3, -0.25) is 4.79 Å². The number of amides is 2. The number of hydrogen-bond acceptors (Lipinski definition) is 11. The van der Waals surface area contributed by atoms with Crippen LogP contribution in [0.4, 0.5) is 10.6 Å². The molecule has 0 spiro atoms. The smallest absolute Gasteiger partial charge is 0.410 e. The Morgan fingerprint density at radius 1 is 1.28 bits per heavy atom. The Kier molecular flexibility index (Phi) is 6.03. The first-order valence-electron chi connectivity index (χ1n) is 9.51. The highest BCUT2D eigenvalue weighted by atomic mass is 16.6. The lowest BCUT2D eigenvalue weighted by atomic mass is 10.2. The first-order valence-corrected chi connectivity index (χ1v) is 9.51. The van der Waals surface area contributed by atoms with E-state index in [1.807, 2.05) is 0 Å². The molecule has 3 N–H and O–H groups in total. The van der Waals surface area contributed by atoms with Crippen LogP contribution >= 0.6 is 0 Å². The molecule has 2 amide bonds. The number of nitrogens with two attached hydrogens (primary N) is 1. The second kappa shape index (κ2) is 9.22. The van der Waals surface area contributed by atoms with Gasteiger partial charge in [0.1, 0.15) is 5.75 Å². The normalized spacial score (nSPS) is 14.0. The largest absolute Gasteiger partial charge is 0.415 e. The molecule has 1 fully saturated rings. The van der Waals surface area contributed by atoms with Gasteiger partial charge in [-0.05, 0) is 34.9 Å². The third-order valence-corrected chi connectivity index (χ3v) is 4.52. The van der Waals surface area contributed by atoms with Crippen LogP contribution in [0.1, 0.15) is 21.7 Å². The van der Waals surface area contributed by atoms with Gasteiger partial charge in [0.05, 0.1) is 25.1 Å². The fourth-order valence-electron chi connectivity index (χ4n) is 2.87. The molecule has 4 rings (SSSR count). The summed E-state index contributed by atoms with van der Waals surface area (Å²) >= 11 is 0. The van der Waals surface area contributed by atoms with Crippen LogP contribution < -0.4 is 15.9 Å². The van der Waals surface area contributed by atoms with Crippen LogP contribution in [-0.2, 0) is 4.74 Å². The first kappa shape index (κ1) is 20.9. The van der Waals surface area contributed by atoms with Crippen molar-refractivity contribution in [1.29, 1.82) is 0 Å². The van der Waals surface area contributed by atoms with Crippen molar-refractivity contribution in [2.24, 2.45) is 5.10 Å². The second-order valence-electron chi connectivity index (χ2n) is 6.65. The van der Waals surface area contributed by atoms with Gasteiger partial charge >= 0.3 is 6.09 Å². The van der Waals surface area contributed by atoms with Crippen LogP contribution in [0.15, 0.2) is 34.0 Å². The molecular weight excluding hydrogens is 422 g/mol. The Bertz CT molecular complexity index is 1150. The van der Waals surface area contributed by atoms with Gasteiger partial charge in [0.25, 0.3) is 5.91 Å². The van der Waals surface area contributed by atoms with E-state index < -0.39 is 12.0 Å². The average Bonchev–Trinajstić information content (AvgIpc) is 3.39. The Morgan fingerprint density at radius 3 is 2.84 bits per heavy atom. The number of hydrazone groups is 1. The van der Waals surface area contributed by atoms with E-state index in [1.54, 1.807) is 36.1 Å². The number of nitrogen functional groups attached to an aromatic ring is 1. The maximum Gasteiger partial charge on any atom is 0.415 e. The Labute approximate surface area is 180 Å². The van der Waals surface area contributed by atoms with Crippen LogP contribution in [0.5, 0.6) is 5.75 Å². The molecule has 166 valence electrons. The molecule has 0 radical (unpaired) electrons. The molecule has 0 saturated carbocycles. The molecule has 0 atom stereocenters.